The topological polar surface area (TPSA) is 58.1 Å². The molecule has 134 valence electrons. The fourth-order valence-electron chi connectivity index (χ4n) is 2.69. The zero-order valence-electron chi connectivity index (χ0n) is 15.3. The van der Waals surface area contributed by atoms with Crippen molar-refractivity contribution in [1.82, 2.24) is 10.2 Å². The molecule has 0 atom stereocenters. The smallest absolute Gasteiger partial charge is 0.195 e. The van der Waals surface area contributed by atoms with Crippen LogP contribution in [0.1, 0.15) is 26.7 Å². The van der Waals surface area contributed by atoms with Crippen LogP contribution in [0, 0.1) is 0 Å². The van der Waals surface area contributed by atoms with Crippen molar-refractivity contribution in [2.45, 2.75) is 32.7 Å². The summed E-state index contributed by atoms with van der Waals surface area (Å²) in [5.41, 5.74) is 0.918. The fourth-order valence-corrected chi connectivity index (χ4v) is 2.69. The third kappa shape index (κ3) is 5.30. The second-order valence-electron chi connectivity index (χ2n) is 5.82. The Balaban J connectivity index is 1.97. The Morgan fingerprint density at radius 1 is 1.21 bits per heavy atom. The van der Waals surface area contributed by atoms with Gasteiger partial charge in [0.05, 0.1) is 20.8 Å². The van der Waals surface area contributed by atoms with E-state index in [1.807, 2.05) is 18.2 Å². The van der Waals surface area contributed by atoms with Crippen molar-refractivity contribution in [3.63, 3.8) is 0 Å². The first-order valence-corrected chi connectivity index (χ1v) is 8.73. The summed E-state index contributed by atoms with van der Waals surface area (Å²) < 4.78 is 10.6. The molecule has 1 aromatic carbocycles. The highest BCUT2D eigenvalue weighted by molar-refractivity contribution is 5.93. The lowest BCUT2D eigenvalue weighted by atomic mass is 10.3. The lowest BCUT2D eigenvalue weighted by Gasteiger charge is -2.19. The molecule has 0 heterocycles. The van der Waals surface area contributed by atoms with Crippen molar-refractivity contribution in [2.24, 2.45) is 4.99 Å². The minimum atomic E-state index is 0.698. The number of likely N-dealkylation sites (N-methyl/N-ethyl adjacent to an activating group) is 1. The number of hydrogen-bond acceptors (Lipinski definition) is 4. The molecule has 0 radical (unpaired) electrons. The van der Waals surface area contributed by atoms with Gasteiger partial charge in [0.1, 0.15) is 0 Å². The van der Waals surface area contributed by atoms with Gasteiger partial charge in [0.25, 0.3) is 0 Å². The third-order valence-corrected chi connectivity index (χ3v) is 4.12. The summed E-state index contributed by atoms with van der Waals surface area (Å²) in [6.45, 7) is 7.99. The van der Waals surface area contributed by atoms with E-state index in [4.69, 9.17) is 9.47 Å². The van der Waals surface area contributed by atoms with Crippen molar-refractivity contribution in [3.8, 4) is 11.5 Å². The first-order valence-electron chi connectivity index (χ1n) is 8.73. The second kappa shape index (κ2) is 9.37. The first kappa shape index (κ1) is 18.4. The van der Waals surface area contributed by atoms with Gasteiger partial charge in [-0.15, -0.1) is 0 Å². The van der Waals surface area contributed by atoms with Crippen molar-refractivity contribution < 1.29 is 9.47 Å². The van der Waals surface area contributed by atoms with E-state index in [9.17, 15) is 0 Å². The number of anilines is 1. The minimum Gasteiger partial charge on any atom is -0.493 e. The van der Waals surface area contributed by atoms with E-state index in [-0.39, 0.29) is 0 Å². The van der Waals surface area contributed by atoms with Crippen LogP contribution in [0.5, 0.6) is 11.5 Å². The van der Waals surface area contributed by atoms with Crippen LogP contribution in [0.25, 0.3) is 0 Å². The van der Waals surface area contributed by atoms with Gasteiger partial charge >= 0.3 is 0 Å². The van der Waals surface area contributed by atoms with Gasteiger partial charge in [0.15, 0.2) is 17.5 Å². The molecule has 0 bridgehead atoms. The van der Waals surface area contributed by atoms with E-state index in [2.05, 4.69) is 34.4 Å². The summed E-state index contributed by atoms with van der Waals surface area (Å²) >= 11 is 0. The summed E-state index contributed by atoms with van der Waals surface area (Å²) in [5, 5.41) is 6.61. The molecule has 1 aromatic rings. The van der Waals surface area contributed by atoms with Crippen LogP contribution in [0.4, 0.5) is 5.69 Å². The number of ether oxygens (including phenoxy) is 2. The second-order valence-corrected chi connectivity index (χ2v) is 5.82. The van der Waals surface area contributed by atoms with E-state index in [0.29, 0.717) is 11.5 Å². The normalized spacial score (nSPS) is 14.6. The summed E-state index contributed by atoms with van der Waals surface area (Å²) in [6, 6.07) is 6.54. The van der Waals surface area contributed by atoms with Crippen LogP contribution < -0.4 is 20.1 Å². The van der Waals surface area contributed by atoms with E-state index in [0.717, 1.165) is 43.9 Å². The molecule has 1 aliphatic carbocycles. The van der Waals surface area contributed by atoms with Crippen LogP contribution >= 0.6 is 0 Å². The maximum Gasteiger partial charge on any atom is 0.195 e. The zero-order chi connectivity index (χ0) is 17.4. The zero-order valence-corrected chi connectivity index (χ0v) is 15.3. The van der Waals surface area contributed by atoms with Crippen LogP contribution in [0.15, 0.2) is 23.2 Å². The van der Waals surface area contributed by atoms with Crippen LogP contribution in [0.2, 0.25) is 0 Å². The molecule has 6 heteroatoms. The molecule has 2 rings (SSSR count). The number of hydrogen-bond donors (Lipinski definition) is 2. The summed E-state index contributed by atoms with van der Waals surface area (Å²) in [6.07, 6.45) is 2.67. The van der Waals surface area contributed by atoms with Gasteiger partial charge in [0, 0.05) is 30.9 Å². The van der Waals surface area contributed by atoms with Crippen LogP contribution in [0.3, 0.4) is 0 Å². The summed E-state index contributed by atoms with van der Waals surface area (Å²) in [7, 11) is 3.27. The Bertz CT molecular complexity index is 544. The van der Waals surface area contributed by atoms with Gasteiger partial charge in [-0.1, -0.05) is 6.92 Å². The Morgan fingerprint density at radius 3 is 2.54 bits per heavy atom. The average molecular weight is 334 g/mol. The standard InChI is InChI=1S/C18H30N4O2/c1-5-19-18(20-11-12-22(6-2)15-8-9-15)21-14-7-10-16(23-3)17(13-14)24-4/h7,10,13,15H,5-6,8-9,11-12H2,1-4H3,(H2,19,20,21). The highest BCUT2D eigenvalue weighted by Gasteiger charge is 2.27. The molecular formula is C18H30N4O2. The summed E-state index contributed by atoms with van der Waals surface area (Å²) in [5.74, 6) is 2.20. The summed E-state index contributed by atoms with van der Waals surface area (Å²) in [4.78, 5) is 7.19. The molecular weight excluding hydrogens is 304 g/mol. The Labute approximate surface area is 145 Å². The highest BCUT2D eigenvalue weighted by atomic mass is 16.5. The third-order valence-electron chi connectivity index (χ3n) is 4.12. The van der Waals surface area contributed by atoms with Gasteiger partial charge < -0.3 is 20.1 Å². The maximum atomic E-state index is 5.35. The molecule has 1 aliphatic rings. The number of nitrogens with one attached hydrogen (secondary N) is 2. The maximum absolute atomic E-state index is 5.35. The number of guanidine groups is 1. The predicted molar refractivity (Wildman–Crippen MR) is 99.4 cm³/mol. The highest BCUT2D eigenvalue weighted by Crippen LogP contribution is 2.29. The Morgan fingerprint density at radius 2 is 1.96 bits per heavy atom. The Hall–Kier alpha value is -1.95. The van der Waals surface area contributed by atoms with Gasteiger partial charge in [-0.25, -0.2) is 0 Å². The molecule has 0 amide bonds. The minimum absolute atomic E-state index is 0.698. The first-order chi connectivity index (χ1) is 11.7. The quantitative estimate of drug-likeness (QED) is 0.537. The van der Waals surface area contributed by atoms with E-state index in [1.54, 1.807) is 14.2 Å². The number of aliphatic imine (C=N–C) groups is 1. The molecule has 0 spiro atoms. The SMILES string of the molecule is CCNC(=NCCN(CC)C1CC1)Nc1ccc(OC)c(OC)c1. The molecule has 0 unspecified atom stereocenters. The largest absolute Gasteiger partial charge is 0.493 e. The van der Waals surface area contributed by atoms with E-state index < -0.39 is 0 Å². The van der Waals surface area contributed by atoms with Crippen molar-refractivity contribution in [3.05, 3.63) is 18.2 Å². The number of rotatable bonds is 9. The molecule has 0 aliphatic heterocycles. The molecule has 1 saturated carbocycles. The Kier molecular flexibility index (Phi) is 7.18. The number of methoxy groups -OCH3 is 2. The molecule has 6 nitrogen and oxygen atoms in total. The van der Waals surface area contributed by atoms with Gasteiger partial charge in [-0.3, -0.25) is 9.89 Å². The van der Waals surface area contributed by atoms with Crippen molar-refractivity contribution in [1.29, 1.82) is 0 Å². The van der Waals surface area contributed by atoms with Crippen LogP contribution in [-0.4, -0.2) is 57.3 Å². The van der Waals surface area contributed by atoms with Gasteiger partial charge in [-0.05, 0) is 38.4 Å². The van der Waals surface area contributed by atoms with Gasteiger partial charge in [-0.2, -0.15) is 0 Å². The molecule has 0 saturated heterocycles. The monoisotopic (exact) mass is 334 g/mol. The lowest BCUT2D eigenvalue weighted by molar-refractivity contribution is 0.286. The average Bonchev–Trinajstić information content (AvgIpc) is 3.43. The molecule has 24 heavy (non-hydrogen) atoms. The molecule has 1 fully saturated rings. The van der Waals surface area contributed by atoms with Crippen molar-refractivity contribution in [2.75, 3.05) is 45.7 Å². The molecule has 2 N–H and O–H groups in total. The fraction of sp³-hybridized carbons (Fsp3) is 0.611. The number of benzene rings is 1. The predicted octanol–water partition coefficient (Wildman–Crippen LogP) is 2.57. The van der Waals surface area contributed by atoms with E-state index >= 15 is 0 Å². The van der Waals surface area contributed by atoms with E-state index in [1.165, 1.54) is 12.8 Å². The number of nitrogens with zero attached hydrogens (tertiary/aromatic N) is 2. The van der Waals surface area contributed by atoms with Crippen molar-refractivity contribution >= 4 is 11.6 Å². The van der Waals surface area contributed by atoms with Gasteiger partial charge in [0.2, 0.25) is 0 Å². The lowest BCUT2D eigenvalue weighted by Crippen LogP contribution is -2.33. The molecule has 0 aromatic heterocycles. The van der Waals surface area contributed by atoms with Crippen LogP contribution in [-0.2, 0) is 0 Å².